The molecule has 0 spiro atoms. The van der Waals surface area contributed by atoms with Crippen LogP contribution < -0.4 is 9.62 Å². The topological polar surface area (TPSA) is 86.8 Å². The van der Waals surface area contributed by atoms with E-state index >= 15 is 0 Å². The number of carbonyl (C=O) groups excluding carboxylic acids is 2. The molecule has 0 aromatic heterocycles. The second-order valence-electron chi connectivity index (χ2n) is 9.45. The summed E-state index contributed by atoms with van der Waals surface area (Å²) >= 11 is 0. The van der Waals surface area contributed by atoms with Crippen LogP contribution in [-0.4, -0.2) is 43.8 Å². The molecule has 0 unspecified atom stereocenters. The van der Waals surface area contributed by atoms with Gasteiger partial charge < -0.3 is 10.2 Å². The van der Waals surface area contributed by atoms with Crippen LogP contribution in [0.4, 0.5) is 10.1 Å². The number of sulfonamides is 1. The van der Waals surface area contributed by atoms with Crippen LogP contribution >= 0.6 is 0 Å². The van der Waals surface area contributed by atoms with Crippen molar-refractivity contribution in [2.24, 2.45) is 0 Å². The van der Waals surface area contributed by atoms with Gasteiger partial charge in [0.1, 0.15) is 11.9 Å². The molecule has 3 aromatic carbocycles. The highest BCUT2D eigenvalue weighted by Crippen LogP contribution is 2.42. The van der Waals surface area contributed by atoms with E-state index in [2.05, 4.69) is 5.32 Å². The molecule has 4 rings (SSSR count). The number of hydrogen-bond donors (Lipinski definition) is 1. The van der Waals surface area contributed by atoms with Gasteiger partial charge in [-0.1, -0.05) is 43.3 Å². The first-order valence-electron chi connectivity index (χ1n) is 12.5. The van der Waals surface area contributed by atoms with Gasteiger partial charge in [-0.15, -0.1) is 0 Å². The first-order valence-corrected chi connectivity index (χ1v) is 14.0. The summed E-state index contributed by atoms with van der Waals surface area (Å²) in [5.74, 6) is -0.926. The number of rotatable bonds is 10. The Hall–Kier alpha value is -3.46. The molecule has 2 atom stereocenters. The molecule has 3 aromatic rings. The van der Waals surface area contributed by atoms with Gasteiger partial charge in [0.25, 0.3) is 10.0 Å². The lowest BCUT2D eigenvalue weighted by atomic mass is 10.1. The predicted octanol–water partition coefficient (Wildman–Crippen LogP) is 4.60. The van der Waals surface area contributed by atoms with E-state index < -0.39 is 16.1 Å². The van der Waals surface area contributed by atoms with Crippen molar-refractivity contribution < 1.29 is 22.4 Å². The smallest absolute Gasteiger partial charge is 0.265 e. The number of anilines is 1. The number of nitrogens with one attached hydrogen (secondary N) is 1. The lowest BCUT2D eigenvalue weighted by Crippen LogP contribution is -2.49. The molecule has 0 fully saturated rings. The van der Waals surface area contributed by atoms with Crippen LogP contribution in [0, 0.1) is 5.82 Å². The van der Waals surface area contributed by atoms with E-state index in [1.807, 2.05) is 32.0 Å². The fourth-order valence-corrected chi connectivity index (χ4v) is 6.30. The van der Waals surface area contributed by atoms with Crippen LogP contribution in [0.15, 0.2) is 65.6 Å². The lowest BCUT2D eigenvalue weighted by Gasteiger charge is -2.30. The van der Waals surface area contributed by atoms with Crippen molar-refractivity contribution in [2.75, 3.05) is 10.8 Å². The van der Waals surface area contributed by atoms with Crippen LogP contribution in [0.5, 0.6) is 0 Å². The van der Waals surface area contributed by atoms with Crippen molar-refractivity contribution in [2.45, 2.75) is 63.6 Å². The average molecular weight is 526 g/mol. The van der Waals surface area contributed by atoms with Crippen molar-refractivity contribution >= 4 is 38.3 Å². The molecular weight excluding hydrogens is 493 g/mol. The van der Waals surface area contributed by atoms with Gasteiger partial charge in [0, 0.05) is 30.9 Å². The van der Waals surface area contributed by atoms with Gasteiger partial charge in [0.05, 0.1) is 10.6 Å². The van der Waals surface area contributed by atoms with Crippen molar-refractivity contribution in [1.82, 2.24) is 10.2 Å². The molecule has 1 heterocycles. The standard InChI is InChI=1S/C28H32FN3O4S/c1-4-19(2)30-28(34)20(3)31(18-21-13-15-23(29)16-14-21)26(33)12-7-17-32-24-10-5-8-22-9-6-11-25(27(22)24)37(32,35)36/h5-6,8-11,13-16,19-20H,4,7,12,17-18H2,1-3H3,(H,30,34)/t19-,20-/m0/s1. The Kier molecular flexibility index (Phi) is 7.82. The fraction of sp³-hybridized carbons (Fsp3) is 0.357. The Balaban J connectivity index is 1.49. The molecule has 9 heteroatoms. The monoisotopic (exact) mass is 525 g/mol. The highest BCUT2D eigenvalue weighted by molar-refractivity contribution is 7.93. The molecule has 0 aliphatic carbocycles. The fourth-order valence-electron chi connectivity index (χ4n) is 4.55. The van der Waals surface area contributed by atoms with E-state index in [0.29, 0.717) is 16.6 Å². The second kappa shape index (κ2) is 10.9. The summed E-state index contributed by atoms with van der Waals surface area (Å²) < 4.78 is 41.2. The summed E-state index contributed by atoms with van der Waals surface area (Å²) in [4.78, 5) is 28.0. The molecule has 7 nitrogen and oxygen atoms in total. The van der Waals surface area contributed by atoms with E-state index in [9.17, 15) is 22.4 Å². The molecule has 196 valence electrons. The van der Waals surface area contributed by atoms with E-state index in [0.717, 1.165) is 11.8 Å². The summed E-state index contributed by atoms with van der Waals surface area (Å²) in [6, 6.07) is 15.7. The lowest BCUT2D eigenvalue weighted by molar-refractivity contribution is -0.140. The minimum absolute atomic E-state index is 0.0394. The minimum atomic E-state index is -3.71. The number of halogens is 1. The van der Waals surface area contributed by atoms with E-state index in [-0.39, 0.29) is 54.5 Å². The zero-order valence-electron chi connectivity index (χ0n) is 21.3. The Morgan fingerprint density at radius 3 is 2.38 bits per heavy atom. The van der Waals surface area contributed by atoms with Gasteiger partial charge in [-0.25, -0.2) is 12.8 Å². The number of carbonyl (C=O) groups is 2. The first-order chi connectivity index (χ1) is 17.6. The Morgan fingerprint density at radius 2 is 1.70 bits per heavy atom. The van der Waals surface area contributed by atoms with Crippen LogP contribution in [0.3, 0.4) is 0 Å². The summed E-state index contributed by atoms with van der Waals surface area (Å²) in [6.45, 7) is 5.80. The predicted molar refractivity (Wildman–Crippen MR) is 142 cm³/mol. The normalized spacial score (nSPS) is 15.4. The van der Waals surface area contributed by atoms with Crippen molar-refractivity contribution in [3.8, 4) is 0 Å². The molecule has 1 aliphatic heterocycles. The number of amides is 2. The summed E-state index contributed by atoms with van der Waals surface area (Å²) in [6.07, 6.45) is 1.09. The molecule has 0 bridgehead atoms. The van der Waals surface area contributed by atoms with Gasteiger partial charge in [-0.3, -0.25) is 13.9 Å². The van der Waals surface area contributed by atoms with Gasteiger partial charge in [0.2, 0.25) is 11.8 Å². The van der Waals surface area contributed by atoms with Gasteiger partial charge in [-0.05, 0) is 61.9 Å². The average Bonchev–Trinajstić information content (AvgIpc) is 3.10. The summed E-state index contributed by atoms with van der Waals surface area (Å²) in [5, 5.41) is 4.46. The van der Waals surface area contributed by atoms with Crippen molar-refractivity contribution in [3.63, 3.8) is 0 Å². The van der Waals surface area contributed by atoms with Gasteiger partial charge in [0.15, 0.2) is 0 Å². The summed E-state index contributed by atoms with van der Waals surface area (Å²) in [5.41, 5.74) is 1.31. The van der Waals surface area contributed by atoms with Crippen molar-refractivity contribution in [1.29, 1.82) is 0 Å². The van der Waals surface area contributed by atoms with E-state index in [1.54, 1.807) is 37.3 Å². The van der Waals surface area contributed by atoms with Crippen LogP contribution in [0.1, 0.15) is 45.6 Å². The number of hydrogen-bond acceptors (Lipinski definition) is 4. The second-order valence-corrected chi connectivity index (χ2v) is 11.3. The molecule has 2 amide bonds. The first kappa shape index (κ1) is 26.6. The Morgan fingerprint density at radius 1 is 1.03 bits per heavy atom. The molecule has 37 heavy (non-hydrogen) atoms. The summed E-state index contributed by atoms with van der Waals surface area (Å²) in [7, 11) is -3.71. The van der Waals surface area contributed by atoms with Crippen LogP contribution in [0.2, 0.25) is 0 Å². The van der Waals surface area contributed by atoms with Gasteiger partial charge in [-0.2, -0.15) is 0 Å². The highest BCUT2D eigenvalue weighted by Gasteiger charge is 2.35. The maximum absolute atomic E-state index is 13.4. The molecule has 0 radical (unpaired) electrons. The van der Waals surface area contributed by atoms with Crippen LogP contribution in [0.25, 0.3) is 10.8 Å². The maximum Gasteiger partial charge on any atom is 0.265 e. The molecule has 1 aliphatic rings. The molecule has 0 saturated carbocycles. The molecule has 0 saturated heterocycles. The minimum Gasteiger partial charge on any atom is -0.352 e. The quantitative estimate of drug-likeness (QED) is 0.419. The van der Waals surface area contributed by atoms with Crippen molar-refractivity contribution in [3.05, 3.63) is 72.0 Å². The molecular formula is C28H32FN3O4S. The SMILES string of the molecule is CC[C@H](C)NC(=O)[C@H](C)N(Cc1ccc(F)cc1)C(=O)CCCN1c2cccc3cccc(c23)S1(=O)=O. The molecule has 1 N–H and O–H groups in total. The van der Waals surface area contributed by atoms with Crippen LogP contribution in [-0.2, 0) is 26.2 Å². The zero-order valence-corrected chi connectivity index (χ0v) is 22.1. The maximum atomic E-state index is 13.4. The van der Waals surface area contributed by atoms with Gasteiger partial charge >= 0.3 is 0 Å². The largest absolute Gasteiger partial charge is 0.352 e. The van der Waals surface area contributed by atoms with E-state index in [4.69, 9.17) is 0 Å². The Labute approximate surface area is 217 Å². The third-order valence-corrected chi connectivity index (χ3v) is 8.72. The number of benzene rings is 3. The van der Waals surface area contributed by atoms with E-state index in [1.165, 1.54) is 21.3 Å². The zero-order chi connectivity index (χ0) is 26.7. The third-order valence-electron chi connectivity index (χ3n) is 6.87. The highest BCUT2D eigenvalue weighted by atomic mass is 32.2. The Bertz CT molecular complexity index is 1400. The third kappa shape index (κ3) is 5.46. The number of nitrogens with zero attached hydrogens (tertiary/aromatic N) is 2.